The molecule has 1 aliphatic heterocycles. The summed E-state index contributed by atoms with van der Waals surface area (Å²) in [5.74, 6) is -6.01. The average Bonchev–Trinajstić information content (AvgIpc) is 3.52. The Labute approximate surface area is 378 Å². The minimum Gasteiger partial charge on any atom is -0.542 e. The van der Waals surface area contributed by atoms with Gasteiger partial charge in [-0.05, 0) is 147 Å². The molecule has 0 saturated carbocycles. The second-order valence-corrected chi connectivity index (χ2v) is 17.9. The Kier molecular flexibility index (Phi) is 29.9. The minimum atomic E-state index is -5.19. The fourth-order valence-corrected chi connectivity index (χ4v) is 3.97. The molecule has 17 heteroatoms. The molecule has 0 amide bonds. The van der Waals surface area contributed by atoms with Crippen molar-refractivity contribution in [3.05, 3.63) is 64.3 Å². The quantitative estimate of drug-likeness (QED) is 0.208. The Bertz CT molecular complexity index is 1650. The van der Waals surface area contributed by atoms with Crippen molar-refractivity contribution in [2.45, 2.75) is 137 Å². The molecule has 0 unspecified atom stereocenters. The molecular weight excluding hydrogens is 904 g/mol. The van der Waals surface area contributed by atoms with Crippen molar-refractivity contribution in [3.8, 4) is 24.3 Å². The van der Waals surface area contributed by atoms with E-state index >= 15 is 0 Å². The summed E-state index contributed by atoms with van der Waals surface area (Å²) in [6.07, 6.45) is -10.4. The van der Waals surface area contributed by atoms with Gasteiger partial charge in [-0.15, -0.1) is 0 Å². The Hall–Kier alpha value is -4.86. The van der Waals surface area contributed by atoms with Gasteiger partial charge in [-0.3, -0.25) is 0 Å². The van der Waals surface area contributed by atoms with Gasteiger partial charge in [0.2, 0.25) is 6.67 Å². The first-order valence-corrected chi connectivity index (χ1v) is 18.7. The van der Waals surface area contributed by atoms with Crippen molar-refractivity contribution in [2.75, 3.05) is 22.9 Å². The second-order valence-electron chi connectivity index (χ2n) is 17.9. The molecule has 346 valence electrons. The molecule has 0 N–H and O–H groups in total. The third-order valence-corrected chi connectivity index (χ3v) is 6.40. The molecule has 0 aromatic heterocycles. The van der Waals surface area contributed by atoms with Gasteiger partial charge in [0.1, 0.15) is 11.9 Å². The summed E-state index contributed by atoms with van der Waals surface area (Å²) in [7, 11) is 0. The largest absolute Gasteiger partial charge is 2.00 e. The van der Waals surface area contributed by atoms with Gasteiger partial charge >= 0.3 is 31.8 Å². The van der Waals surface area contributed by atoms with Crippen LogP contribution in [-0.2, 0) is 29.1 Å². The van der Waals surface area contributed by atoms with E-state index in [1.54, 1.807) is 0 Å². The summed E-state index contributed by atoms with van der Waals surface area (Å²) >= 11 is 0. The first-order valence-electron chi connectivity index (χ1n) is 18.7. The van der Waals surface area contributed by atoms with E-state index in [-0.39, 0.29) is 41.1 Å². The Morgan fingerprint density at radius 2 is 0.645 bits per heavy atom. The number of carbonyl (C=O) groups is 2. The maximum absolute atomic E-state index is 10.5. The molecule has 2 radical (unpaired) electrons. The van der Waals surface area contributed by atoms with Crippen molar-refractivity contribution in [2.24, 2.45) is 21.7 Å². The number of nitrogens with zero attached hydrogens (tertiary/aromatic N) is 6. The van der Waals surface area contributed by atoms with Gasteiger partial charge in [0.25, 0.3) is 0 Å². The van der Waals surface area contributed by atoms with Gasteiger partial charge in [0.05, 0.1) is 24.3 Å². The SMILES string of the molecule is CC(C)(C)C#N.CC(C)(C)C#N.CC(C)(C)C#N.CC(C)(C)C#N.Cc1cc(C)c(N2[C]N(c3c(C)cc(C)cc3C)CC2)c(C)c1.O=C([O-])C(F)(F)F.O=C([O-])C(F)(F)F.[Ru+2]. The van der Waals surface area contributed by atoms with Gasteiger partial charge in [-0.1, -0.05) is 35.4 Å². The van der Waals surface area contributed by atoms with Crippen LogP contribution in [0.25, 0.3) is 0 Å². The number of carboxylic acid groups (broad SMARTS) is 2. The van der Waals surface area contributed by atoms with Crippen LogP contribution in [0.15, 0.2) is 24.3 Å². The third kappa shape index (κ3) is 34.8. The molecule has 10 nitrogen and oxygen atoms in total. The van der Waals surface area contributed by atoms with Crippen LogP contribution in [0, 0.1) is 115 Å². The average molecular weight is 966 g/mol. The Morgan fingerprint density at radius 3 is 0.758 bits per heavy atom. The van der Waals surface area contributed by atoms with Gasteiger partial charge in [-0.2, -0.15) is 47.4 Å². The first-order chi connectivity index (χ1) is 27.0. The second kappa shape index (κ2) is 28.0. The van der Waals surface area contributed by atoms with Crippen molar-refractivity contribution in [1.29, 1.82) is 21.0 Å². The van der Waals surface area contributed by atoms with Crippen molar-refractivity contribution in [1.82, 2.24) is 0 Å². The normalized spacial score (nSPS) is 12.0. The van der Waals surface area contributed by atoms with E-state index in [0.29, 0.717) is 0 Å². The number of benzene rings is 2. The van der Waals surface area contributed by atoms with Crippen LogP contribution in [0.1, 0.15) is 116 Å². The maximum Gasteiger partial charge on any atom is 2.00 e. The predicted molar refractivity (Wildman–Crippen MR) is 222 cm³/mol. The number of nitriles is 4. The number of halogens is 6. The van der Waals surface area contributed by atoms with E-state index in [0.717, 1.165) is 13.1 Å². The molecule has 1 heterocycles. The van der Waals surface area contributed by atoms with Crippen LogP contribution >= 0.6 is 0 Å². The van der Waals surface area contributed by atoms with Crippen molar-refractivity contribution < 1.29 is 65.6 Å². The van der Waals surface area contributed by atoms with Crippen LogP contribution < -0.4 is 20.0 Å². The molecule has 62 heavy (non-hydrogen) atoms. The number of hydrogen-bond acceptors (Lipinski definition) is 10. The summed E-state index contributed by atoms with van der Waals surface area (Å²) in [5, 5.41) is 50.2. The number of alkyl halides is 6. The number of hydrogen-bond donors (Lipinski definition) is 0. The van der Waals surface area contributed by atoms with E-state index in [4.69, 9.17) is 40.8 Å². The molecule has 0 bridgehead atoms. The van der Waals surface area contributed by atoms with Gasteiger partial charge in [0.15, 0.2) is 0 Å². The number of aryl methyl sites for hydroxylation is 6. The van der Waals surface area contributed by atoms with Crippen molar-refractivity contribution >= 4 is 23.3 Å². The van der Waals surface area contributed by atoms with Crippen LogP contribution in [0.2, 0.25) is 0 Å². The van der Waals surface area contributed by atoms with E-state index in [1.807, 2.05) is 83.1 Å². The Balaban J connectivity index is -0.000000231. The molecule has 0 spiro atoms. The zero-order valence-electron chi connectivity index (χ0n) is 39.2. The Morgan fingerprint density at radius 1 is 0.500 bits per heavy atom. The molecule has 2 aromatic carbocycles. The summed E-state index contributed by atoms with van der Waals surface area (Å²) < 4.78 is 63.1. The summed E-state index contributed by atoms with van der Waals surface area (Å²) in [6.45, 7) is 41.2. The maximum atomic E-state index is 10.5. The minimum absolute atomic E-state index is 0. The molecule has 2 aromatic rings. The van der Waals surface area contributed by atoms with E-state index in [9.17, 15) is 26.3 Å². The van der Waals surface area contributed by atoms with Crippen LogP contribution in [0.5, 0.6) is 0 Å². The molecule has 1 aliphatic rings. The summed E-state index contributed by atoms with van der Waals surface area (Å²) in [5.41, 5.74) is 9.96. The third-order valence-electron chi connectivity index (χ3n) is 6.40. The molecule has 1 saturated heterocycles. The fourth-order valence-electron chi connectivity index (χ4n) is 3.97. The van der Waals surface area contributed by atoms with Gasteiger partial charge < -0.3 is 29.6 Å². The molecule has 1 fully saturated rings. The molecule has 0 atom stereocenters. The van der Waals surface area contributed by atoms with Crippen LogP contribution in [-0.4, -0.2) is 37.4 Å². The number of anilines is 2. The molecule has 3 rings (SSSR count). The summed E-state index contributed by atoms with van der Waals surface area (Å²) in [6, 6.07) is 17.5. The topological polar surface area (TPSA) is 182 Å². The number of carboxylic acids is 2. The van der Waals surface area contributed by atoms with Gasteiger partial charge in [0, 0.05) is 46.1 Å². The zero-order chi connectivity index (χ0) is 49.7. The van der Waals surface area contributed by atoms with E-state index in [2.05, 4.69) is 107 Å². The van der Waals surface area contributed by atoms with E-state index < -0.39 is 24.3 Å². The zero-order valence-corrected chi connectivity index (χ0v) is 40.9. The monoisotopic (exact) mass is 966 g/mol. The first kappa shape index (κ1) is 66.2. The number of aliphatic carboxylic acids is 2. The smallest absolute Gasteiger partial charge is 0.542 e. The van der Waals surface area contributed by atoms with E-state index in [1.165, 1.54) is 44.8 Å². The van der Waals surface area contributed by atoms with Crippen molar-refractivity contribution in [3.63, 3.8) is 0 Å². The predicted octanol–water partition coefficient (Wildman–Crippen LogP) is 9.68. The van der Waals surface area contributed by atoms with Crippen LogP contribution in [0.4, 0.5) is 37.7 Å². The molecule has 0 aliphatic carbocycles. The number of rotatable bonds is 2. The standard InChI is InChI=1S/C21H26N2.4C5H9N.2C2HF3O2.Ru/c1-14-9-16(3)20(17(4)10-14)22-7-8-23(13-22)21-18(5)11-15(2)12-19(21)6;4*1-5(2,3)4-6;2*3-2(4,5)1(6)7;/h9-12H,7-8H2,1-6H3;4*1-3H3;2*(H,6,7);/q;;;;;;;+2/p-2. The molecular formula is C45H62F6N6O4Ru. The van der Waals surface area contributed by atoms with Crippen LogP contribution in [0.3, 0.4) is 0 Å². The number of carbonyl (C=O) groups excluding carboxylic acids is 2. The summed E-state index contributed by atoms with van der Waals surface area (Å²) in [4.78, 5) is 22.1. The fraction of sp³-hybridized carbons (Fsp3) is 0.578. The van der Waals surface area contributed by atoms with Gasteiger partial charge in [-0.25, -0.2) is 0 Å².